The van der Waals surface area contributed by atoms with Crippen LogP contribution in [0, 0.1) is 0 Å². The summed E-state index contributed by atoms with van der Waals surface area (Å²) in [7, 11) is 3.73. The molecule has 0 fully saturated rings. The van der Waals surface area contributed by atoms with Gasteiger partial charge in [0.2, 0.25) is 0 Å². The molecule has 20 heavy (non-hydrogen) atoms. The van der Waals surface area contributed by atoms with Gasteiger partial charge in [0, 0.05) is 12.6 Å². The Balaban J connectivity index is 2.53. The van der Waals surface area contributed by atoms with E-state index >= 15 is 0 Å². The van der Waals surface area contributed by atoms with Gasteiger partial charge in [-0.05, 0) is 50.9 Å². The minimum Gasteiger partial charge on any atom is -0.497 e. The van der Waals surface area contributed by atoms with Gasteiger partial charge >= 0.3 is 0 Å². The Kier molecular flexibility index (Phi) is 8.31. The number of nitrogens with one attached hydrogen (secondary N) is 1. The van der Waals surface area contributed by atoms with Gasteiger partial charge < -0.3 is 14.8 Å². The molecule has 2 atom stereocenters. The lowest BCUT2D eigenvalue weighted by Gasteiger charge is -2.26. The number of aryl methyl sites for hydroxylation is 1. The molecular formula is C17H29NO2. The first kappa shape index (κ1) is 17.0. The Morgan fingerprint density at radius 2 is 1.80 bits per heavy atom. The predicted octanol–water partition coefficient (Wildman–Crippen LogP) is 3.42. The first-order chi connectivity index (χ1) is 9.74. The van der Waals surface area contributed by atoms with Crippen LogP contribution in [0.3, 0.4) is 0 Å². The van der Waals surface area contributed by atoms with E-state index in [-0.39, 0.29) is 0 Å². The van der Waals surface area contributed by atoms with Crippen molar-refractivity contribution in [2.24, 2.45) is 0 Å². The third-order valence-electron chi connectivity index (χ3n) is 3.68. The maximum Gasteiger partial charge on any atom is 0.118 e. The first-order valence-electron chi connectivity index (χ1n) is 7.66. The van der Waals surface area contributed by atoms with E-state index in [9.17, 15) is 0 Å². The molecule has 0 bridgehead atoms. The fourth-order valence-electron chi connectivity index (χ4n) is 2.53. The number of rotatable bonds is 10. The van der Waals surface area contributed by atoms with Crippen LogP contribution >= 0.6 is 0 Å². The van der Waals surface area contributed by atoms with Crippen LogP contribution in [0.1, 0.15) is 38.7 Å². The fraction of sp³-hybridized carbons (Fsp3) is 0.647. The van der Waals surface area contributed by atoms with Gasteiger partial charge in [-0.1, -0.05) is 25.5 Å². The van der Waals surface area contributed by atoms with E-state index in [0.717, 1.165) is 38.0 Å². The van der Waals surface area contributed by atoms with E-state index in [1.165, 1.54) is 5.56 Å². The summed E-state index contributed by atoms with van der Waals surface area (Å²) >= 11 is 0. The average Bonchev–Trinajstić information content (AvgIpc) is 2.49. The quantitative estimate of drug-likeness (QED) is 0.712. The maximum atomic E-state index is 5.88. The van der Waals surface area contributed by atoms with Crippen molar-refractivity contribution in [3.63, 3.8) is 0 Å². The zero-order valence-corrected chi connectivity index (χ0v) is 13.3. The molecule has 0 saturated heterocycles. The van der Waals surface area contributed by atoms with Crippen molar-refractivity contribution in [1.29, 1.82) is 0 Å². The first-order valence-corrected chi connectivity index (χ1v) is 7.66. The molecule has 1 rings (SSSR count). The topological polar surface area (TPSA) is 30.5 Å². The summed E-state index contributed by atoms with van der Waals surface area (Å²) < 4.78 is 11.1. The lowest BCUT2D eigenvalue weighted by atomic mass is 9.98. The largest absolute Gasteiger partial charge is 0.497 e. The van der Waals surface area contributed by atoms with Gasteiger partial charge in [0.15, 0.2) is 0 Å². The van der Waals surface area contributed by atoms with Crippen LogP contribution < -0.4 is 10.1 Å². The highest BCUT2D eigenvalue weighted by atomic mass is 16.5. The minimum atomic E-state index is 0.313. The molecule has 1 aromatic rings. The molecule has 1 N–H and O–H groups in total. The van der Waals surface area contributed by atoms with Crippen molar-refractivity contribution in [2.45, 2.75) is 51.7 Å². The molecular weight excluding hydrogens is 250 g/mol. The average molecular weight is 279 g/mol. The molecule has 3 nitrogen and oxygen atoms in total. The highest BCUT2D eigenvalue weighted by molar-refractivity contribution is 5.27. The Morgan fingerprint density at radius 1 is 1.10 bits per heavy atom. The number of likely N-dealkylation sites (N-methyl/N-ethyl adjacent to an activating group) is 1. The van der Waals surface area contributed by atoms with Crippen molar-refractivity contribution >= 4 is 0 Å². The van der Waals surface area contributed by atoms with E-state index in [1.807, 2.05) is 19.2 Å². The molecule has 0 heterocycles. The lowest BCUT2D eigenvalue weighted by molar-refractivity contribution is 0.0279. The number of hydrogen-bond acceptors (Lipinski definition) is 3. The number of ether oxygens (including phenoxy) is 2. The van der Waals surface area contributed by atoms with Crippen molar-refractivity contribution in [2.75, 3.05) is 20.8 Å². The Bertz CT molecular complexity index is 345. The number of hydrogen-bond donors (Lipinski definition) is 1. The van der Waals surface area contributed by atoms with Gasteiger partial charge in [-0.15, -0.1) is 0 Å². The van der Waals surface area contributed by atoms with Crippen molar-refractivity contribution in [3.8, 4) is 5.75 Å². The van der Waals surface area contributed by atoms with E-state index in [2.05, 4.69) is 31.3 Å². The summed E-state index contributed by atoms with van der Waals surface area (Å²) in [4.78, 5) is 0. The molecule has 0 aromatic heterocycles. The third kappa shape index (κ3) is 5.51. The lowest BCUT2D eigenvalue weighted by Crippen LogP contribution is -2.39. The zero-order chi connectivity index (χ0) is 14.8. The van der Waals surface area contributed by atoms with Crippen molar-refractivity contribution in [3.05, 3.63) is 29.8 Å². The molecule has 0 saturated carbocycles. The minimum absolute atomic E-state index is 0.313. The molecule has 0 radical (unpaired) electrons. The molecule has 0 spiro atoms. The number of methoxy groups -OCH3 is 1. The second-order valence-electron chi connectivity index (χ2n) is 5.06. The highest BCUT2D eigenvalue weighted by Crippen LogP contribution is 2.16. The molecule has 2 unspecified atom stereocenters. The standard InChI is InChI=1S/C17H29NO2/c1-5-7-17(20-6-2)16(18-3)13-10-14-8-11-15(19-4)12-9-14/h8-9,11-12,16-18H,5-7,10,13H2,1-4H3. The number of benzene rings is 1. The van der Waals surface area contributed by atoms with Crippen LogP contribution in [-0.2, 0) is 11.2 Å². The van der Waals surface area contributed by atoms with Gasteiger partial charge in [0.1, 0.15) is 5.75 Å². The van der Waals surface area contributed by atoms with Crippen molar-refractivity contribution in [1.82, 2.24) is 5.32 Å². The summed E-state index contributed by atoms with van der Waals surface area (Å²) in [6.07, 6.45) is 4.73. The van der Waals surface area contributed by atoms with Crippen molar-refractivity contribution < 1.29 is 9.47 Å². The predicted molar refractivity (Wildman–Crippen MR) is 84.5 cm³/mol. The van der Waals surface area contributed by atoms with Gasteiger partial charge in [0.05, 0.1) is 13.2 Å². The summed E-state index contributed by atoms with van der Waals surface area (Å²) in [5.74, 6) is 0.914. The maximum absolute atomic E-state index is 5.88. The van der Waals surface area contributed by atoms with Gasteiger partial charge in [-0.2, -0.15) is 0 Å². The molecule has 0 aliphatic rings. The molecule has 1 aromatic carbocycles. The summed E-state index contributed by atoms with van der Waals surface area (Å²) in [5.41, 5.74) is 1.35. The fourth-order valence-corrected chi connectivity index (χ4v) is 2.53. The van der Waals surface area contributed by atoms with Gasteiger partial charge in [0.25, 0.3) is 0 Å². The normalized spacial score (nSPS) is 14.0. The van der Waals surface area contributed by atoms with E-state index in [0.29, 0.717) is 12.1 Å². The van der Waals surface area contributed by atoms with Crippen LogP contribution in [0.2, 0.25) is 0 Å². The zero-order valence-electron chi connectivity index (χ0n) is 13.3. The summed E-state index contributed by atoms with van der Waals surface area (Å²) in [5, 5.41) is 3.41. The molecule has 114 valence electrons. The van der Waals surface area contributed by atoms with Crippen LogP contribution in [0.15, 0.2) is 24.3 Å². The van der Waals surface area contributed by atoms with E-state index < -0.39 is 0 Å². The SMILES string of the molecule is CCCC(OCC)C(CCc1ccc(OC)cc1)NC. The molecule has 0 aliphatic carbocycles. The Labute approximate surface area is 123 Å². The highest BCUT2D eigenvalue weighted by Gasteiger charge is 2.19. The van der Waals surface area contributed by atoms with Crippen LogP contribution in [0.5, 0.6) is 5.75 Å². The Morgan fingerprint density at radius 3 is 2.30 bits per heavy atom. The summed E-state index contributed by atoms with van der Waals surface area (Å²) in [6, 6.07) is 8.74. The Hall–Kier alpha value is -1.06. The monoisotopic (exact) mass is 279 g/mol. The smallest absolute Gasteiger partial charge is 0.118 e. The summed E-state index contributed by atoms with van der Waals surface area (Å²) in [6.45, 7) is 5.06. The third-order valence-corrected chi connectivity index (χ3v) is 3.68. The van der Waals surface area contributed by atoms with Crippen LogP contribution in [0.25, 0.3) is 0 Å². The van der Waals surface area contributed by atoms with Gasteiger partial charge in [-0.25, -0.2) is 0 Å². The second-order valence-corrected chi connectivity index (χ2v) is 5.06. The van der Waals surface area contributed by atoms with Crippen LogP contribution in [0.4, 0.5) is 0 Å². The van der Waals surface area contributed by atoms with E-state index in [1.54, 1.807) is 7.11 Å². The molecule has 0 amide bonds. The van der Waals surface area contributed by atoms with E-state index in [4.69, 9.17) is 9.47 Å². The van der Waals surface area contributed by atoms with Gasteiger partial charge in [-0.3, -0.25) is 0 Å². The second kappa shape index (κ2) is 9.78. The molecule has 0 aliphatic heterocycles. The molecule has 3 heteroatoms. The van der Waals surface area contributed by atoms with Crippen LogP contribution in [-0.4, -0.2) is 32.9 Å².